The molecule has 0 spiro atoms. The lowest BCUT2D eigenvalue weighted by molar-refractivity contribution is 0.0600. The quantitative estimate of drug-likeness (QED) is 0.812. The van der Waals surface area contributed by atoms with E-state index < -0.39 is 15.8 Å². The number of hydrogen-bond acceptors (Lipinski definition) is 5. The van der Waals surface area contributed by atoms with Gasteiger partial charge in [0.2, 0.25) is 0 Å². The molecule has 0 amide bonds. The van der Waals surface area contributed by atoms with Crippen LogP contribution in [0.5, 0.6) is 11.5 Å². The molecule has 6 heteroatoms. The van der Waals surface area contributed by atoms with Crippen molar-refractivity contribution in [3.8, 4) is 11.5 Å². The van der Waals surface area contributed by atoms with E-state index in [2.05, 4.69) is 4.74 Å². The van der Waals surface area contributed by atoms with Gasteiger partial charge >= 0.3 is 5.97 Å². The Morgan fingerprint density at radius 3 is 2.24 bits per heavy atom. The Labute approximate surface area is 123 Å². The van der Waals surface area contributed by atoms with Gasteiger partial charge in [-0.3, -0.25) is 0 Å². The van der Waals surface area contributed by atoms with Crippen LogP contribution in [0.15, 0.2) is 53.4 Å². The van der Waals surface area contributed by atoms with Gasteiger partial charge in [-0.25, -0.2) is 13.2 Å². The number of hydrogen-bond donors (Lipinski definition) is 0. The Morgan fingerprint density at radius 2 is 1.67 bits per heavy atom. The van der Waals surface area contributed by atoms with Crippen LogP contribution in [0, 0.1) is 0 Å². The molecule has 0 aliphatic rings. The van der Waals surface area contributed by atoms with Crippen molar-refractivity contribution in [3.63, 3.8) is 0 Å². The van der Waals surface area contributed by atoms with Crippen LogP contribution in [0.2, 0.25) is 0 Å². The fourth-order valence-electron chi connectivity index (χ4n) is 1.68. The third-order valence-electron chi connectivity index (χ3n) is 2.74. The van der Waals surface area contributed by atoms with Gasteiger partial charge in [0.15, 0.2) is 9.84 Å². The second kappa shape index (κ2) is 5.97. The summed E-state index contributed by atoms with van der Waals surface area (Å²) < 4.78 is 33.1. The van der Waals surface area contributed by atoms with Gasteiger partial charge in [-0.05, 0) is 42.5 Å². The zero-order chi connectivity index (χ0) is 15.5. The summed E-state index contributed by atoms with van der Waals surface area (Å²) in [6, 6.07) is 12.6. The largest absolute Gasteiger partial charge is 0.465 e. The van der Waals surface area contributed by atoms with E-state index in [4.69, 9.17) is 4.74 Å². The molecule has 21 heavy (non-hydrogen) atoms. The van der Waals surface area contributed by atoms with Gasteiger partial charge in [0, 0.05) is 6.26 Å². The first kappa shape index (κ1) is 15.1. The minimum atomic E-state index is -3.28. The number of methoxy groups -OCH3 is 1. The second-order valence-electron chi connectivity index (χ2n) is 4.37. The number of carbonyl (C=O) groups is 1. The fourth-order valence-corrected chi connectivity index (χ4v) is 2.34. The first-order chi connectivity index (χ1) is 9.90. The molecule has 5 nitrogen and oxygen atoms in total. The predicted octanol–water partition coefficient (Wildman–Crippen LogP) is 2.67. The maximum atomic E-state index is 11.5. The minimum absolute atomic E-state index is 0.186. The van der Waals surface area contributed by atoms with Crippen molar-refractivity contribution in [1.82, 2.24) is 0 Å². The van der Waals surface area contributed by atoms with Crippen LogP contribution in [0.3, 0.4) is 0 Å². The van der Waals surface area contributed by atoms with Gasteiger partial charge in [0.05, 0.1) is 17.6 Å². The monoisotopic (exact) mass is 306 g/mol. The van der Waals surface area contributed by atoms with Gasteiger partial charge < -0.3 is 9.47 Å². The van der Waals surface area contributed by atoms with Crippen molar-refractivity contribution in [2.75, 3.05) is 13.4 Å². The molecule has 0 saturated heterocycles. The van der Waals surface area contributed by atoms with Crippen LogP contribution in [-0.2, 0) is 14.6 Å². The Hall–Kier alpha value is -2.34. The number of ether oxygens (including phenoxy) is 2. The second-order valence-corrected chi connectivity index (χ2v) is 6.38. The molecule has 0 N–H and O–H groups in total. The zero-order valence-electron chi connectivity index (χ0n) is 11.6. The van der Waals surface area contributed by atoms with Crippen LogP contribution in [-0.4, -0.2) is 27.8 Å². The molecule has 0 heterocycles. The average molecular weight is 306 g/mol. The SMILES string of the molecule is COC(=O)c1ccc(Oc2cccc(S(C)(=O)=O)c2)cc1. The molecule has 0 aliphatic carbocycles. The summed E-state index contributed by atoms with van der Waals surface area (Å²) in [7, 11) is -1.97. The molecule has 2 aromatic rings. The third-order valence-corrected chi connectivity index (χ3v) is 3.86. The molecule has 0 radical (unpaired) electrons. The molecule has 0 unspecified atom stereocenters. The molecule has 0 fully saturated rings. The number of carbonyl (C=O) groups excluding carboxylic acids is 1. The Balaban J connectivity index is 2.21. The first-order valence-electron chi connectivity index (χ1n) is 6.06. The van der Waals surface area contributed by atoms with Crippen molar-refractivity contribution >= 4 is 15.8 Å². The summed E-state index contributed by atoms with van der Waals surface area (Å²) >= 11 is 0. The van der Waals surface area contributed by atoms with Gasteiger partial charge in [-0.2, -0.15) is 0 Å². The number of sulfone groups is 1. The standard InChI is InChI=1S/C15H14O5S/c1-19-15(16)11-6-8-12(9-7-11)20-13-4-3-5-14(10-13)21(2,17)18/h3-10H,1-2H3. The van der Waals surface area contributed by atoms with Crippen molar-refractivity contribution in [2.24, 2.45) is 0 Å². The van der Waals surface area contributed by atoms with Gasteiger partial charge in [-0.15, -0.1) is 0 Å². The molecule has 0 aromatic heterocycles. The van der Waals surface area contributed by atoms with E-state index in [1.165, 1.54) is 19.2 Å². The van der Waals surface area contributed by atoms with E-state index in [0.29, 0.717) is 17.1 Å². The molecule has 0 saturated carbocycles. The number of rotatable bonds is 4. The van der Waals surface area contributed by atoms with Crippen LogP contribution in [0.1, 0.15) is 10.4 Å². The highest BCUT2D eigenvalue weighted by molar-refractivity contribution is 7.90. The van der Waals surface area contributed by atoms with E-state index >= 15 is 0 Å². The summed E-state index contributed by atoms with van der Waals surface area (Å²) in [6.07, 6.45) is 1.14. The molecule has 0 atom stereocenters. The lowest BCUT2D eigenvalue weighted by Crippen LogP contribution is -2.00. The predicted molar refractivity (Wildman–Crippen MR) is 77.4 cm³/mol. The van der Waals surface area contributed by atoms with Crippen LogP contribution in [0.4, 0.5) is 0 Å². The van der Waals surface area contributed by atoms with Crippen molar-refractivity contribution in [3.05, 3.63) is 54.1 Å². The van der Waals surface area contributed by atoms with E-state index in [9.17, 15) is 13.2 Å². The Kier molecular flexibility index (Phi) is 4.28. The van der Waals surface area contributed by atoms with Crippen LogP contribution >= 0.6 is 0 Å². The normalized spacial score (nSPS) is 11.0. The summed E-state index contributed by atoms with van der Waals surface area (Å²) in [4.78, 5) is 11.5. The van der Waals surface area contributed by atoms with E-state index in [0.717, 1.165) is 6.26 Å². The summed E-state index contributed by atoms with van der Waals surface area (Å²) in [5.41, 5.74) is 0.412. The molecule has 110 valence electrons. The summed E-state index contributed by atoms with van der Waals surface area (Å²) in [5.74, 6) is 0.470. The average Bonchev–Trinajstić information content (AvgIpc) is 2.47. The lowest BCUT2D eigenvalue weighted by Gasteiger charge is -2.07. The summed E-state index contributed by atoms with van der Waals surface area (Å²) in [5, 5.41) is 0. The van der Waals surface area contributed by atoms with E-state index in [-0.39, 0.29) is 4.90 Å². The molecule has 2 rings (SSSR count). The highest BCUT2D eigenvalue weighted by atomic mass is 32.2. The van der Waals surface area contributed by atoms with Gasteiger partial charge in [0.1, 0.15) is 11.5 Å². The smallest absolute Gasteiger partial charge is 0.337 e. The maximum absolute atomic E-state index is 11.5. The highest BCUT2D eigenvalue weighted by Crippen LogP contribution is 2.24. The fraction of sp³-hybridized carbons (Fsp3) is 0.133. The summed E-state index contributed by atoms with van der Waals surface area (Å²) in [6.45, 7) is 0. The van der Waals surface area contributed by atoms with Gasteiger partial charge in [-0.1, -0.05) is 6.07 Å². The van der Waals surface area contributed by atoms with Crippen LogP contribution in [0.25, 0.3) is 0 Å². The van der Waals surface area contributed by atoms with Gasteiger partial charge in [0.25, 0.3) is 0 Å². The van der Waals surface area contributed by atoms with Crippen molar-refractivity contribution in [1.29, 1.82) is 0 Å². The van der Waals surface area contributed by atoms with E-state index in [1.54, 1.807) is 36.4 Å². The third kappa shape index (κ3) is 3.82. The number of benzene rings is 2. The minimum Gasteiger partial charge on any atom is -0.465 e. The highest BCUT2D eigenvalue weighted by Gasteiger charge is 2.09. The Morgan fingerprint density at radius 1 is 1.00 bits per heavy atom. The lowest BCUT2D eigenvalue weighted by atomic mass is 10.2. The molecular weight excluding hydrogens is 292 g/mol. The molecule has 0 aliphatic heterocycles. The topological polar surface area (TPSA) is 69.7 Å². The van der Waals surface area contributed by atoms with Crippen LogP contribution < -0.4 is 4.74 Å². The van der Waals surface area contributed by atoms with E-state index in [1.807, 2.05) is 0 Å². The Bertz CT molecular complexity index is 748. The molecular formula is C15H14O5S. The molecule has 2 aromatic carbocycles. The van der Waals surface area contributed by atoms with Crippen molar-refractivity contribution in [2.45, 2.75) is 4.90 Å². The molecule has 0 bridgehead atoms. The zero-order valence-corrected chi connectivity index (χ0v) is 12.4. The first-order valence-corrected chi connectivity index (χ1v) is 7.95. The maximum Gasteiger partial charge on any atom is 0.337 e. The van der Waals surface area contributed by atoms with Crippen molar-refractivity contribution < 1.29 is 22.7 Å². The number of esters is 1.